The van der Waals surface area contributed by atoms with Gasteiger partial charge in [0.05, 0.1) is 38.0 Å². The standard InChI is InChI=1S/C31H59NO6/c1-5-6-7-8-9-10-11-12-13-14-15-16-17-18-22-32(23-19-26(2)29(33)34,24-20-27(3)30(35)36)25-21-28(4)31(37)38/h26-28H,5-25H2,1-4H3,(H2-,33,34,35,36,37,38). The van der Waals surface area contributed by atoms with Crippen LogP contribution in [0, 0.1) is 17.8 Å². The van der Waals surface area contributed by atoms with Crippen LogP contribution in [-0.4, -0.2) is 58.8 Å². The summed E-state index contributed by atoms with van der Waals surface area (Å²) in [5, 5.41) is 30.1. The Morgan fingerprint density at radius 2 is 0.868 bits per heavy atom. The van der Waals surface area contributed by atoms with Crippen LogP contribution in [0.1, 0.15) is 137 Å². The van der Waals surface area contributed by atoms with Gasteiger partial charge < -0.3 is 24.6 Å². The number of hydrogen-bond acceptors (Lipinski definition) is 4. The van der Waals surface area contributed by atoms with E-state index in [2.05, 4.69) is 6.92 Å². The lowest BCUT2D eigenvalue weighted by Gasteiger charge is -2.41. The van der Waals surface area contributed by atoms with Crippen molar-refractivity contribution in [2.24, 2.45) is 17.8 Å². The van der Waals surface area contributed by atoms with E-state index in [1.165, 1.54) is 77.0 Å². The molecular weight excluding hydrogens is 482 g/mol. The van der Waals surface area contributed by atoms with E-state index in [1.54, 1.807) is 20.8 Å². The Morgan fingerprint density at radius 1 is 0.553 bits per heavy atom. The molecule has 0 amide bonds. The number of carboxylic acids is 3. The van der Waals surface area contributed by atoms with Crippen LogP contribution < -0.4 is 5.11 Å². The lowest BCUT2D eigenvalue weighted by molar-refractivity contribution is -0.929. The monoisotopic (exact) mass is 541 g/mol. The van der Waals surface area contributed by atoms with Crippen LogP contribution in [0.4, 0.5) is 0 Å². The molecule has 3 unspecified atom stereocenters. The average Bonchev–Trinajstić information content (AvgIpc) is 2.88. The number of unbranched alkanes of at least 4 members (excludes halogenated alkanes) is 13. The summed E-state index contributed by atoms with van der Waals surface area (Å²) < 4.78 is 0.588. The maximum atomic E-state index is 11.5. The summed E-state index contributed by atoms with van der Waals surface area (Å²) in [6, 6.07) is 0. The molecule has 0 bridgehead atoms. The normalized spacial score (nSPS) is 15.5. The number of quaternary nitrogens is 1. The summed E-state index contributed by atoms with van der Waals surface area (Å²) in [7, 11) is 0. The number of aliphatic carboxylic acids is 3. The molecule has 0 aliphatic carbocycles. The van der Waals surface area contributed by atoms with Gasteiger partial charge in [-0.25, -0.2) is 0 Å². The zero-order chi connectivity index (χ0) is 28.8. The molecule has 0 aromatic heterocycles. The predicted molar refractivity (Wildman–Crippen MR) is 152 cm³/mol. The largest absolute Gasteiger partial charge is 0.550 e. The number of hydrogen-bond donors (Lipinski definition) is 2. The van der Waals surface area contributed by atoms with E-state index in [0.717, 1.165) is 19.4 Å². The number of carbonyl (C=O) groups excluding carboxylic acids is 1. The molecule has 7 nitrogen and oxygen atoms in total. The van der Waals surface area contributed by atoms with E-state index in [9.17, 15) is 29.7 Å². The Labute approximate surface area is 233 Å². The van der Waals surface area contributed by atoms with Crippen LogP contribution in [0.15, 0.2) is 0 Å². The van der Waals surface area contributed by atoms with E-state index >= 15 is 0 Å². The van der Waals surface area contributed by atoms with Gasteiger partial charge in [0.1, 0.15) is 0 Å². The van der Waals surface area contributed by atoms with Crippen molar-refractivity contribution in [1.82, 2.24) is 0 Å². The van der Waals surface area contributed by atoms with E-state index < -0.39 is 35.7 Å². The van der Waals surface area contributed by atoms with Crippen molar-refractivity contribution < 1.29 is 34.2 Å². The highest BCUT2D eigenvalue weighted by Crippen LogP contribution is 2.22. The van der Waals surface area contributed by atoms with Crippen LogP contribution >= 0.6 is 0 Å². The lowest BCUT2D eigenvalue weighted by Crippen LogP contribution is -2.52. The molecule has 0 spiro atoms. The molecular formula is C31H59NO6. The minimum atomic E-state index is -1.07. The fourth-order valence-corrected chi connectivity index (χ4v) is 5.08. The first-order valence-electron chi connectivity index (χ1n) is 15.6. The molecule has 3 atom stereocenters. The molecule has 7 heteroatoms. The number of nitrogens with zero attached hydrogens (tertiary/aromatic N) is 1. The van der Waals surface area contributed by atoms with E-state index in [4.69, 9.17) is 0 Å². The summed E-state index contributed by atoms with van der Waals surface area (Å²) in [6.45, 7) is 9.98. The van der Waals surface area contributed by atoms with Crippen molar-refractivity contribution in [3.8, 4) is 0 Å². The topological polar surface area (TPSA) is 115 Å². The predicted octanol–water partition coefficient (Wildman–Crippen LogP) is 6.28. The van der Waals surface area contributed by atoms with Crippen LogP contribution in [0.2, 0.25) is 0 Å². The van der Waals surface area contributed by atoms with Crippen molar-refractivity contribution in [2.75, 3.05) is 26.2 Å². The average molecular weight is 542 g/mol. The lowest BCUT2D eigenvalue weighted by atomic mass is 10.0. The van der Waals surface area contributed by atoms with Gasteiger partial charge in [0.25, 0.3) is 0 Å². The molecule has 0 heterocycles. The molecule has 0 rings (SSSR count). The van der Waals surface area contributed by atoms with E-state index in [-0.39, 0.29) is 0 Å². The van der Waals surface area contributed by atoms with Crippen molar-refractivity contribution in [1.29, 1.82) is 0 Å². The molecule has 0 saturated carbocycles. The van der Waals surface area contributed by atoms with Crippen LogP contribution in [0.25, 0.3) is 0 Å². The maximum absolute atomic E-state index is 11.5. The highest BCUT2D eigenvalue weighted by Gasteiger charge is 2.30. The van der Waals surface area contributed by atoms with Crippen molar-refractivity contribution in [2.45, 2.75) is 137 Å². The molecule has 38 heavy (non-hydrogen) atoms. The number of carbonyl (C=O) groups is 3. The van der Waals surface area contributed by atoms with Crippen LogP contribution in [0.5, 0.6) is 0 Å². The summed E-state index contributed by atoms with van der Waals surface area (Å²) in [5.41, 5.74) is 0. The Hall–Kier alpha value is -1.63. The SMILES string of the molecule is CCCCCCCCCCCCCCCC[N+](CCC(C)C(=O)[O-])(CCC(C)C(=O)O)CCC(C)C(=O)O. The van der Waals surface area contributed by atoms with Gasteiger partial charge >= 0.3 is 11.9 Å². The van der Waals surface area contributed by atoms with Crippen LogP contribution in [0.3, 0.4) is 0 Å². The van der Waals surface area contributed by atoms with Crippen molar-refractivity contribution >= 4 is 17.9 Å². The van der Waals surface area contributed by atoms with Crippen molar-refractivity contribution in [3.63, 3.8) is 0 Å². The van der Waals surface area contributed by atoms with Gasteiger partial charge in [-0.2, -0.15) is 0 Å². The molecule has 0 aliphatic rings. The van der Waals surface area contributed by atoms with E-state index in [0.29, 0.717) is 43.4 Å². The third-order valence-electron chi connectivity index (χ3n) is 8.34. The maximum Gasteiger partial charge on any atom is 0.306 e. The zero-order valence-electron chi connectivity index (χ0n) is 25.1. The van der Waals surface area contributed by atoms with Gasteiger partial charge in [-0.1, -0.05) is 105 Å². The first kappa shape index (κ1) is 36.4. The zero-order valence-corrected chi connectivity index (χ0v) is 25.1. The first-order chi connectivity index (χ1) is 18.0. The van der Waals surface area contributed by atoms with Gasteiger partial charge in [-0.05, 0) is 12.8 Å². The molecule has 0 aromatic carbocycles. The summed E-state index contributed by atoms with van der Waals surface area (Å²) >= 11 is 0. The fraction of sp³-hybridized carbons (Fsp3) is 0.903. The Morgan fingerprint density at radius 3 is 1.18 bits per heavy atom. The van der Waals surface area contributed by atoms with Gasteiger partial charge in [-0.3, -0.25) is 9.59 Å². The van der Waals surface area contributed by atoms with E-state index in [1.807, 2.05) is 0 Å². The quantitative estimate of drug-likeness (QED) is 0.0934. The van der Waals surface area contributed by atoms with Gasteiger partial charge in [0.15, 0.2) is 0 Å². The second kappa shape index (κ2) is 22.2. The third kappa shape index (κ3) is 18.6. The molecule has 2 N–H and O–H groups in total. The Balaban J connectivity index is 4.73. The highest BCUT2D eigenvalue weighted by atomic mass is 16.4. The van der Waals surface area contributed by atoms with Crippen molar-refractivity contribution in [3.05, 3.63) is 0 Å². The third-order valence-corrected chi connectivity index (χ3v) is 8.34. The molecule has 0 radical (unpaired) electrons. The number of rotatable bonds is 27. The fourth-order valence-electron chi connectivity index (χ4n) is 5.08. The minimum absolute atomic E-state index is 0.448. The Bertz CT molecular complexity index is 578. The first-order valence-corrected chi connectivity index (χ1v) is 15.6. The molecule has 0 aromatic rings. The van der Waals surface area contributed by atoms with Gasteiger partial charge in [0.2, 0.25) is 0 Å². The summed E-state index contributed by atoms with van der Waals surface area (Å²) in [6.07, 6.45) is 19.3. The minimum Gasteiger partial charge on any atom is -0.550 e. The Kier molecular flexibility index (Phi) is 21.3. The second-order valence-corrected chi connectivity index (χ2v) is 11.9. The smallest absolute Gasteiger partial charge is 0.306 e. The summed E-state index contributed by atoms with van der Waals surface area (Å²) in [4.78, 5) is 34.3. The molecule has 0 fully saturated rings. The van der Waals surface area contributed by atoms with Gasteiger partial charge in [-0.15, -0.1) is 0 Å². The summed E-state index contributed by atoms with van der Waals surface area (Å²) in [5.74, 6) is -4.29. The molecule has 0 aliphatic heterocycles. The van der Waals surface area contributed by atoms with Crippen LogP contribution in [-0.2, 0) is 14.4 Å². The van der Waals surface area contributed by atoms with Gasteiger partial charge in [0, 0.05) is 31.1 Å². The molecule has 224 valence electrons. The molecule has 0 saturated heterocycles. The highest BCUT2D eigenvalue weighted by molar-refractivity contribution is 5.69. The second-order valence-electron chi connectivity index (χ2n) is 11.9. The number of carboxylic acid groups (broad SMARTS) is 3.